The highest BCUT2D eigenvalue weighted by atomic mass is 32.2. The second-order valence-corrected chi connectivity index (χ2v) is 8.56. The molecule has 0 atom stereocenters. The number of fused-ring (bicyclic) bond motifs is 1. The molecule has 4 aromatic rings. The molecule has 0 spiro atoms. The number of rotatable bonds is 8. The van der Waals surface area contributed by atoms with Crippen LogP contribution in [0.25, 0.3) is 16.6 Å². The van der Waals surface area contributed by atoms with Gasteiger partial charge in [-0.1, -0.05) is 37.2 Å². The quantitative estimate of drug-likeness (QED) is 0.305. The van der Waals surface area contributed by atoms with Crippen molar-refractivity contribution in [2.24, 2.45) is 0 Å². The lowest BCUT2D eigenvalue weighted by molar-refractivity contribution is -0.113. The Balaban J connectivity index is 1.54. The summed E-state index contributed by atoms with van der Waals surface area (Å²) in [4.78, 5) is 30.4. The molecule has 0 fully saturated rings. The van der Waals surface area contributed by atoms with Crippen molar-refractivity contribution in [3.8, 4) is 5.69 Å². The molecule has 1 N–H and O–H groups in total. The largest absolute Gasteiger partial charge is 0.310 e. The third-order valence-corrected chi connectivity index (χ3v) is 6.04. The second kappa shape index (κ2) is 9.99. The Bertz CT molecular complexity index is 1350. The Morgan fingerprint density at radius 2 is 1.91 bits per heavy atom. The molecule has 0 radical (unpaired) electrons. The van der Waals surface area contributed by atoms with E-state index >= 15 is 0 Å². The number of anilines is 1. The van der Waals surface area contributed by atoms with Gasteiger partial charge < -0.3 is 5.32 Å². The van der Waals surface area contributed by atoms with Crippen molar-refractivity contribution in [3.63, 3.8) is 0 Å². The number of halogens is 1. The van der Waals surface area contributed by atoms with Gasteiger partial charge in [-0.25, -0.2) is 14.1 Å². The van der Waals surface area contributed by atoms with Gasteiger partial charge in [-0.05, 0) is 49.7 Å². The molecule has 0 aliphatic carbocycles. The molecule has 33 heavy (non-hydrogen) atoms. The fourth-order valence-corrected chi connectivity index (χ4v) is 4.27. The molecular formula is C24H24FN5O2S. The molecule has 0 aliphatic rings. The topological polar surface area (TPSA) is 81.8 Å². The smallest absolute Gasteiger partial charge is 0.262 e. The highest BCUT2D eigenvalue weighted by Gasteiger charge is 2.15. The summed E-state index contributed by atoms with van der Waals surface area (Å²) >= 11 is 1.22. The minimum absolute atomic E-state index is 0.0740. The number of hydrogen-bond acceptors (Lipinski definition) is 5. The number of amides is 1. The summed E-state index contributed by atoms with van der Waals surface area (Å²) in [5.41, 5.74) is 1.87. The van der Waals surface area contributed by atoms with Crippen molar-refractivity contribution in [1.82, 2.24) is 19.3 Å². The normalized spacial score (nSPS) is 11.1. The number of benzene rings is 2. The van der Waals surface area contributed by atoms with Crippen LogP contribution in [0.1, 0.15) is 25.5 Å². The summed E-state index contributed by atoms with van der Waals surface area (Å²) in [6.07, 6.45) is 1.78. The molecule has 170 valence electrons. The van der Waals surface area contributed by atoms with Gasteiger partial charge in [0.2, 0.25) is 5.91 Å². The number of nitrogens with zero attached hydrogens (tertiary/aromatic N) is 4. The van der Waals surface area contributed by atoms with Crippen molar-refractivity contribution >= 4 is 34.4 Å². The standard InChI is InChI=1S/C24H24FN5O2S/c1-3-4-13-29-23(32)19-7-5-6-8-20(19)26-24(29)33-15-22(31)27-21-14-16(2)28-30(21)18-11-9-17(25)10-12-18/h5-12,14H,3-4,13,15H2,1-2H3,(H,27,31). The second-order valence-electron chi connectivity index (χ2n) is 7.62. The number of aromatic nitrogens is 4. The summed E-state index contributed by atoms with van der Waals surface area (Å²) in [7, 11) is 0. The molecule has 0 bridgehead atoms. The van der Waals surface area contributed by atoms with Gasteiger partial charge in [-0.15, -0.1) is 0 Å². The first-order valence-electron chi connectivity index (χ1n) is 10.7. The first-order valence-corrected chi connectivity index (χ1v) is 11.7. The van der Waals surface area contributed by atoms with E-state index in [4.69, 9.17) is 0 Å². The fraction of sp³-hybridized carbons (Fsp3) is 0.250. The molecule has 0 saturated heterocycles. The first-order chi connectivity index (χ1) is 16.0. The summed E-state index contributed by atoms with van der Waals surface area (Å²) in [6.45, 7) is 4.43. The maximum Gasteiger partial charge on any atom is 0.262 e. The van der Waals surface area contributed by atoms with Gasteiger partial charge >= 0.3 is 0 Å². The van der Waals surface area contributed by atoms with E-state index in [-0.39, 0.29) is 23.0 Å². The Labute approximate surface area is 194 Å². The number of nitrogens with one attached hydrogen (secondary N) is 1. The number of thioether (sulfide) groups is 1. The monoisotopic (exact) mass is 465 g/mol. The number of hydrogen-bond donors (Lipinski definition) is 1. The van der Waals surface area contributed by atoms with E-state index in [1.54, 1.807) is 39.6 Å². The molecule has 2 aromatic carbocycles. The zero-order valence-corrected chi connectivity index (χ0v) is 19.2. The molecular weight excluding hydrogens is 441 g/mol. The molecule has 2 aromatic heterocycles. The molecule has 0 saturated carbocycles. The summed E-state index contributed by atoms with van der Waals surface area (Å²) in [6, 6.07) is 14.9. The van der Waals surface area contributed by atoms with Gasteiger partial charge in [0.15, 0.2) is 5.16 Å². The lowest BCUT2D eigenvalue weighted by atomic mass is 10.2. The van der Waals surface area contributed by atoms with Crippen molar-refractivity contribution in [3.05, 3.63) is 76.5 Å². The summed E-state index contributed by atoms with van der Waals surface area (Å²) < 4.78 is 16.5. The number of unbranched alkanes of at least 4 members (excludes halogenated alkanes) is 1. The third-order valence-electron chi connectivity index (χ3n) is 5.06. The molecule has 9 heteroatoms. The minimum Gasteiger partial charge on any atom is -0.310 e. The Morgan fingerprint density at radius 1 is 1.15 bits per heavy atom. The lowest BCUT2D eigenvalue weighted by Gasteiger charge is -2.13. The third kappa shape index (κ3) is 5.14. The Morgan fingerprint density at radius 3 is 2.67 bits per heavy atom. The van der Waals surface area contributed by atoms with Gasteiger partial charge in [0, 0.05) is 12.6 Å². The zero-order chi connectivity index (χ0) is 23.4. The number of carbonyl (C=O) groups excluding carboxylic acids is 1. The van der Waals surface area contributed by atoms with E-state index in [1.807, 2.05) is 19.1 Å². The first kappa shape index (κ1) is 22.7. The Hall–Kier alpha value is -3.46. The molecule has 0 unspecified atom stereocenters. The van der Waals surface area contributed by atoms with Crippen LogP contribution in [0.5, 0.6) is 0 Å². The van der Waals surface area contributed by atoms with Crippen LogP contribution in [-0.4, -0.2) is 31.0 Å². The summed E-state index contributed by atoms with van der Waals surface area (Å²) in [5, 5.41) is 8.34. The predicted octanol–water partition coefficient (Wildman–Crippen LogP) is 4.56. The van der Waals surface area contributed by atoms with Crippen molar-refractivity contribution in [2.75, 3.05) is 11.1 Å². The highest BCUT2D eigenvalue weighted by molar-refractivity contribution is 7.99. The van der Waals surface area contributed by atoms with Crippen LogP contribution in [0.4, 0.5) is 10.2 Å². The van der Waals surface area contributed by atoms with Crippen molar-refractivity contribution in [1.29, 1.82) is 0 Å². The van der Waals surface area contributed by atoms with E-state index in [0.717, 1.165) is 12.8 Å². The van der Waals surface area contributed by atoms with E-state index in [2.05, 4.69) is 22.3 Å². The van der Waals surface area contributed by atoms with E-state index in [0.29, 0.717) is 39.8 Å². The fourth-order valence-electron chi connectivity index (χ4n) is 3.45. The van der Waals surface area contributed by atoms with Gasteiger partial charge in [-0.3, -0.25) is 14.2 Å². The van der Waals surface area contributed by atoms with E-state index in [1.165, 1.54) is 23.9 Å². The molecule has 0 aliphatic heterocycles. The van der Waals surface area contributed by atoms with Gasteiger partial charge in [-0.2, -0.15) is 5.10 Å². The molecule has 1 amide bonds. The number of para-hydroxylation sites is 1. The van der Waals surface area contributed by atoms with Crippen LogP contribution >= 0.6 is 11.8 Å². The van der Waals surface area contributed by atoms with Crippen LogP contribution < -0.4 is 10.9 Å². The molecule has 4 rings (SSSR count). The average molecular weight is 466 g/mol. The minimum atomic E-state index is -0.346. The average Bonchev–Trinajstić information content (AvgIpc) is 3.17. The van der Waals surface area contributed by atoms with Crippen LogP contribution in [-0.2, 0) is 11.3 Å². The van der Waals surface area contributed by atoms with Gasteiger partial charge in [0.25, 0.3) is 5.56 Å². The molecule has 2 heterocycles. The van der Waals surface area contributed by atoms with Crippen molar-refractivity contribution < 1.29 is 9.18 Å². The van der Waals surface area contributed by atoms with Crippen LogP contribution in [0.3, 0.4) is 0 Å². The highest BCUT2D eigenvalue weighted by Crippen LogP contribution is 2.21. The van der Waals surface area contributed by atoms with Crippen LogP contribution in [0.15, 0.2) is 64.5 Å². The van der Waals surface area contributed by atoms with Gasteiger partial charge in [0.05, 0.1) is 28.0 Å². The predicted molar refractivity (Wildman–Crippen MR) is 129 cm³/mol. The number of aryl methyl sites for hydroxylation is 1. The Kier molecular flexibility index (Phi) is 6.88. The maximum absolute atomic E-state index is 13.3. The summed E-state index contributed by atoms with van der Waals surface area (Å²) in [5.74, 6) is -0.0428. The maximum atomic E-state index is 13.3. The van der Waals surface area contributed by atoms with E-state index in [9.17, 15) is 14.0 Å². The SMILES string of the molecule is CCCCn1c(SCC(=O)Nc2cc(C)nn2-c2ccc(F)cc2)nc2ccccc2c1=O. The zero-order valence-electron chi connectivity index (χ0n) is 18.4. The van der Waals surface area contributed by atoms with E-state index < -0.39 is 0 Å². The van der Waals surface area contributed by atoms with Crippen LogP contribution in [0.2, 0.25) is 0 Å². The molecule has 7 nitrogen and oxygen atoms in total. The lowest BCUT2D eigenvalue weighted by Crippen LogP contribution is -2.24. The van der Waals surface area contributed by atoms with Gasteiger partial charge in [0.1, 0.15) is 11.6 Å². The number of carbonyl (C=O) groups is 1. The van der Waals surface area contributed by atoms with Crippen molar-refractivity contribution in [2.45, 2.75) is 38.4 Å². The van der Waals surface area contributed by atoms with Crippen LogP contribution in [0, 0.1) is 12.7 Å².